The van der Waals surface area contributed by atoms with Gasteiger partial charge in [0, 0.05) is 6.20 Å². The van der Waals surface area contributed by atoms with Crippen LogP contribution in [0.1, 0.15) is 17.3 Å². The Bertz CT molecular complexity index is 1450. The van der Waals surface area contributed by atoms with Crippen LogP contribution in [0.3, 0.4) is 0 Å². The van der Waals surface area contributed by atoms with Crippen molar-refractivity contribution in [3.63, 3.8) is 0 Å². The van der Waals surface area contributed by atoms with Crippen molar-refractivity contribution < 1.29 is 23.2 Å². The highest BCUT2D eigenvalue weighted by atomic mass is 16.5. The number of benzene rings is 1. The molecule has 4 aromatic heterocycles. The Kier molecular flexibility index (Phi) is 5.57. The summed E-state index contributed by atoms with van der Waals surface area (Å²) in [5.74, 6) is -0.0791. The van der Waals surface area contributed by atoms with E-state index in [1.54, 1.807) is 73.3 Å². The molecule has 5 rings (SSSR count). The summed E-state index contributed by atoms with van der Waals surface area (Å²) in [5.41, 5.74) is 2.75. The number of esters is 1. The van der Waals surface area contributed by atoms with Crippen LogP contribution in [-0.2, 0) is 9.53 Å². The van der Waals surface area contributed by atoms with E-state index in [4.69, 9.17) is 13.6 Å². The smallest absolute Gasteiger partial charge is 0.338 e. The zero-order valence-electron chi connectivity index (χ0n) is 18.0. The third kappa shape index (κ3) is 4.26. The normalized spacial score (nSPS) is 11.8. The van der Waals surface area contributed by atoms with Crippen LogP contribution < -0.4 is 5.32 Å². The summed E-state index contributed by atoms with van der Waals surface area (Å²) >= 11 is 0. The van der Waals surface area contributed by atoms with Gasteiger partial charge in [0.1, 0.15) is 11.4 Å². The molecule has 9 heteroatoms. The SMILES string of the molecule is CC(OC(=O)c1ccc2nc(-c3ccco3)c(-c3ccco3)nc2c1)C(=O)Nc1cccnc1. The first kappa shape index (κ1) is 21.1. The number of nitrogens with one attached hydrogen (secondary N) is 1. The van der Waals surface area contributed by atoms with Crippen LogP contribution >= 0.6 is 0 Å². The number of fused-ring (bicyclic) bond motifs is 1. The molecule has 1 amide bonds. The quantitative estimate of drug-likeness (QED) is 0.366. The van der Waals surface area contributed by atoms with E-state index in [-0.39, 0.29) is 5.56 Å². The number of anilines is 1. The molecule has 0 aliphatic carbocycles. The predicted octanol–water partition coefficient (Wildman–Crippen LogP) is 4.73. The standard InChI is InChI=1S/C25H18N4O5/c1-15(24(30)27-17-5-2-10-26-14-17)34-25(31)16-8-9-18-19(13-16)29-23(21-7-4-12-33-21)22(28-18)20-6-3-11-32-20/h2-15H,1H3,(H,27,30). The van der Waals surface area contributed by atoms with Crippen molar-refractivity contribution in [3.8, 4) is 22.9 Å². The number of carbonyl (C=O) groups is 2. The monoisotopic (exact) mass is 454 g/mol. The van der Waals surface area contributed by atoms with E-state index in [1.165, 1.54) is 13.1 Å². The van der Waals surface area contributed by atoms with Crippen molar-refractivity contribution in [3.05, 3.63) is 85.1 Å². The Balaban J connectivity index is 1.41. The fourth-order valence-electron chi connectivity index (χ4n) is 3.31. The minimum Gasteiger partial charge on any atom is -0.463 e. The van der Waals surface area contributed by atoms with Gasteiger partial charge in [-0.05, 0) is 61.5 Å². The topological polar surface area (TPSA) is 120 Å². The van der Waals surface area contributed by atoms with Crippen molar-refractivity contribution in [1.29, 1.82) is 0 Å². The fraction of sp³-hybridized carbons (Fsp3) is 0.0800. The molecule has 34 heavy (non-hydrogen) atoms. The van der Waals surface area contributed by atoms with Gasteiger partial charge < -0.3 is 18.9 Å². The molecule has 9 nitrogen and oxygen atoms in total. The van der Waals surface area contributed by atoms with Crippen molar-refractivity contribution in [1.82, 2.24) is 15.0 Å². The highest BCUT2D eigenvalue weighted by Crippen LogP contribution is 2.31. The maximum atomic E-state index is 12.7. The van der Waals surface area contributed by atoms with E-state index >= 15 is 0 Å². The molecule has 5 aromatic rings. The number of aromatic nitrogens is 3. The highest BCUT2D eigenvalue weighted by molar-refractivity contribution is 5.98. The molecule has 0 spiro atoms. The Hall–Kier alpha value is -4.79. The zero-order valence-corrected chi connectivity index (χ0v) is 18.0. The van der Waals surface area contributed by atoms with E-state index in [0.717, 1.165) is 0 Å². The first-order chi connectivity index (χ1) is 16.6. The molecular formula is C25H18N4O5. The fourth-order valence-corrected chi connectivity index (χ4v) is 3.31. The summed E-state index contributed by atoms with van der Waals surface area (Å²) in [7, 11) is 0. The number of carbonyl (C=O) groups excluding carboxylic acids is 2. The summed E-state index contributed by atoms with van der Waals surface area (Å²) in [4.78, 5) is 38.4. The highest BCUT2D eigenvalue weighted by Gasteiger charge is 2.21. The van der Waals surface area contributed by atoms with Gasteiger partial charge in [-0.3, -0.25) is 9.78 Å². The first-order valence-corrected chi connectivity index (χ1v) is 10.4. The Labute approximate surface area is 193 Å². The van der Waals surface area contributed by atoms with Crippen molar-refractivity contribution in [2.24, 2.45) is 0 Å². The maximum Gasteiger partial charge on any atom is 0.338 e. The van der Waals surface area contributed by atoms with Crippen LogP contribution in [0.4, 0.5) is 5.69 Å². The summed E-state index contributed by atoms with van der Waals surface area (Å²) in [6.45, 7) is 1.50. The molecule has 0 fully saturated rings. The average molecular weight is 454 g/mol. The van der Waals surface area contributed by atoms with Crippen LogP contribution in [0.15, 0.2) is 88.4 Å². The Morgan fingerprint density at radius 2 is 1.62 bits per heavy atom. The van der Waals surface area contributed by atoms with E-state index in [9.17, 15) is 9.59 Å². The number of ether oxygens (including phenoxy) is 1. The number of rotatable bonds is 6. The van der Waals surface area contributed by atoms with E-state index in [2.05, 4.69) is 20.3 Å². The lowest BCUT2D eigenvalue weighted by Crippen LogP contribution is -2.30. The summed E-state index contributed by atoms with van der Waals surface area (Å²) in [6.07, 6.45) is 5.17. The van der Waals surface area contributed by atoms with Gasteiger partial charge >= 0.3 is 5.97 Å². The first-order valence-electron chi connectivity index (χ1n) is 10.4. The lowest BCUT2D eigenvalue weighted by atomic mass is 10.1. The molecule has 0 radical (unpaired) electrons. The predicted molar refractivity (Wildman–Crippen MR) is 123 cm³/mol. The van der Waals surface area contributed by atoms with Crippen LogP contribution in [0.2, 0.25) is 0 Å². The van der Waals surface area contributed by atoms with Gasteiger partial charge in [0.05, 0.1) is 41.0 Å². The number of hydrogen-bond donors (Lipinski definition) is 1. The summed E-state index contributed by atoms with van der Waals surface area (Å²) in [5, 5.41) is 2.65. The van der Waals surface area contributed by atoms with Crippen molar-refractivity contribution in [2.75, 3.05) is 5.32 Å². The molecule has 168 valence electrons. The number of nitrogens with zero attached hydrogens (tertiary/aromatic N) is 3. The zero-order chi connectivity index (χ0) is 23.5. The molecule has 1 unspecified atom stereocenters. The second-order valence-corrected chi connectivity index (χ2v) is 7.36. The molecule has 0 bridgehead atoms. The third-order valence-corrected chi connectivity index (χ3v) is 4.99. The minimum atomic E-state index is -1.02. The van der Waals surface area contributed by atoms with Gasteiger partial charge in [0.2, 0.25) is 0 Å². The van der Waals surface area contributed by atoms with Crippen LogP contribution in [0.5, 0.6) is 0 Å². The Morgan fingerprint density at radius 1 is 0.912 bits per heavy atom. The van der Waals surface area contributed by atoms with Gasteiger partial charge in [-0.2, -0.15) is 0 Å². The molecule has 1 atom stereocenters. The van der Waals surface area contributed by atoms with Gasteiger partial charge in [0.25, 0.3) is 5.91 Å². The molecule has 1 aromatic carbocycles. The Morgan fingerprint density at radius 3 is 2.24 bits per heavy atom. The maximum absolute atomic E-state index is 12.7. The van der Waals surface area contributed by atoms with Crippen LogP contribution in [0, 0.1) is 0 Å². The molecule has 0 aliphatic rings. The largest absolute Gasteiger partial charge is 0.463 e. The minimum absolute atomic E-state index is 0.235. The van der Waals surface area contributed by atoms with Gasteiger partial charge in [-0.1, -0.05) is 0 Å². The lowest BCUT2D eigenvalue weighted by molar-refractivity contribution is -0.123. The second kappa shape index (κ2) is 8.99. The molecule has 1 N–H and O–H groups in total. The number of furan rings is 2. The van der Waals surface area contributed by atoms with Crippen molar-refractivity contribution in [2.45, 2.75) is 13.0 Å². The number of amides is 1. The third-order valence-electron chi connectivity index (χ3n) is 4.99. The number of pyridine rings is 1. The number of hydrogen-bond acceptors (Lipinski definition) is 8. The molecule has 0 saturated heterocycles. The molecule has 0 saturated carbocycles. The lowest BCUT2D eigenvalue weighted by Gasteiger charge is -2.13. The molecular weight excluding hydrogens is 436 g/mol. The van der Waals surface area contributed by atoms with Crippen LogP contribution in [0.25, 0.3) is 33.9 Å². The van der Waals surface area contributed by atoms with Crippen LogP contribution in [-0.4, -0.2) is 32.9 Å². The average Bonchev–Trinajstić information content (AvgIpc) is 3.58. The summed E-state index contributed by atoms with van der Waals surface area (Å²) < 4.78 is 16.4. The van der Waals surface area contributed by atoms with Gasteiger partial charge in [0.15, 0.2) is 17.6 Å². The molecule has 4 heterocycles. The van der Waals surface area contributed by atoms with E-state index in [1.807, 2.05) is 0 Å². The van der Waals surface area contributed by atoms with E-state index < -0.39 is 18.0 Å². The van der Waals surface area contributed by atoms with Gasteiger partial charge in [-0.25, -0.2) is 14.8 Å². The van der Waals surface area contributed by atoms with Gasteiger partial charge in [-0.15, -0.1) is 0 Å². The second-order valence-electron chi connectivity index (χ2n) is 7.36. The van der Waals surface area contributed by atoms with Crippen molar-refractivity contribution >= 4 is 28.6 Å². The van der Waals surface area contributed by atoms with E-state index in [0.29, 0.717) is 39.6 Å². The summed E-state index contributed by atoms with van der Waals surface area (Å²) in [6, 6.07) is 15.2. The molecule has 0 aliphatic heterocycles.